The zero-order valence-corrected chi connectivity index (χ0v) is 12.3. The van der Waals surface area contributed by atoms with Crippen molar-refractivity contribution in [3.05, 3.63) is 0 Å². The number of hydrogen-bond acceptors (Lipinski definition) is 0. The van der Waals surface area contributed by atoms with Crippen LogP contribution in [0.1, 0.15) is 97.3 Å². The van der Waals surface area contributed by atoms with Crippen molar-refractivity contribution in [1.82, 2.24) is 0 Å². The summed E-state index contributed by atoms with van der Waals surface area (Å²) in [5.74, 6) is 2.07. The topological polar surface area (TPSA) is 0 Å². The molecule has 0 bridgehead atoms. The van der Waals surface area contributed by atoms with Crippen LogP contribution in [0.3, 0.4) is 0 Å². The molecule has 0 N–H and O–H groups in total. The van der Waals surface area contributed by atoms with E-state index in [4.69, 9.17) is 0 Å². The molecule has 1 saturated carbocycles. The average molecular weight is 238 g/mol. The highest BCUT2D eigenvalue weighted by molar-refractivity contribution is 4.67. The van der Waals surface area contributed by atoms with Crippen molar-refractivity contribution in [1.29, 1.82) is 0 Å². The van der Waals surface area contributed by atoms with E-state index in [0.29, 0.717) is 0 Å². The first-order chi connectivity index (χ1) is 8.33. The van der Waals surface area contributed by atoms with Gasteiger partial charge in [-0.2, -0.15) is 0 Å². The molecule has 1 fully saturated rings. The van der Waals surface area contributed by atoms with Gasteiger partial charge in [0, 0.05) is 0 Å². The molecule has 0 aromatic heterocycles. The van der Waals surface area contributed by atoms with Crippen LogP contribution in [-0.4, -0.2) is 0 Å². The van der Waals surface area contributed by atoms with Gasteiger partial charge < -0.3 is 0 Å². The zero-order valence-electron chi connectivity index (χ0n) is 12.3. The third kappa shape index (κ3) is 7.84. The Balaban J connectivity index is 1.91. The van der Waals surface area contributed by atoms with Crippen LogP contribution in [0.2, 0.25) is 0 Å². The van der Waals surface area contributed by atoms with Gasteiger partial charge in [0.25, 0.3) is 0 Å². The summed E-state index contributed by atoms with van der Waals surface area (Å²) in [4.78, 5) is 0. The fraction of sp³-hybridized carbons (Fsp3) is 1.00. The van der Waals surface area contributed by atoms with Gasteiger partial charge in [0.05, 0.1) is 0 Å². The van der Waals surface area contributed by atoms with Crippen LogP contribution in [0, 0.1) is 11.8 Å². The molecule has 0 aromatic carbocycles. The molecule has 0 spiro atoms. The van der Waals surface area contributed by atoms with Crippen molar-refractivity contribution in [3.8, 4) is 0 Å². The van der Waals surface area contributed by atoms with E-state index in [1.54, 1.807) is 0 Å². The predicted molar refractivity (Wildman–Crippen MR) is 78.3 cm³/mol. The van der Waals surface area contributed by atoms with Gasteiger partial charge in [-0.3, -0.25) is 0 Å². The van der Waals surface area contributed by atoms with Crippen molar-refractivity contribution in [2.75, 3.05) is 0 Å². The minimum Gasteiger partial charge on any atom is -0.0654 e. The predicted octanol–water partition coefficient (Wildman–Crippen LogP) is 6.34. The summed E-state index contributed by atoms with van der Waals surface area (Å²) < 4.78 is 0. The summed E-state index contributed by atoms with van der Waals surface area (Å²) in [7, 11) is 0. The first kappa shape index (κ1) is 15.1. The standard InChI is InChI=1S/C17H34/c1-3-4-5-6-8-11-16(2)14-15-17-12-9-7-10-13-17/h16-17H,3-15H2,1-2H3. The van der Waals surface area contributed by atoms with Crippen LogP contribution in [0.15, 0.2) is 0 Å². The van der Waals surface area contributed by atoms with Gasteiger partial charge in [0.2, 0.25) is 0 Å². The summed E-state index contributed by atoms with van der Waals surface area (Å²) in [5, 5.41) is 0. The number of hydrogen-bond donors (Lipinski definition) is 0. The number of rotatable bonds is 9. The molecule has 102 valence electrons. The first-order valence-electron chi connectivity index (χ1n) is 8.33. The van der Waals surface area contributed by atoms with Gasteiger partial charge in [-0.1, -0.05) is 97.3 Å². The minimum absolute atomic E-state index is 0.985. The van der Waals surface area contributed by atoms with Gasteiger partial charge in [0.15, 0.2) is 0 Å². The van der Waals surface area contributed by atoms with Crippen molar-refractivity contribution in [2.24, 2.45) is 11.8 Å². The molecule has 0 aromatic rings. The van der Waals surface area contributed by atoms with Crippen LogP contribution < -0.4 is 0 Å². The monoisotopic (exact) mass is 238 g/mol. The van der Waals surface area contributed by atoms with E-state index in [1.807, 2.05) is 0 Å². The molecular formula is C17H34. The normalized spacial score (nSPS) is 19.4. The van der Waals surface area contributed by atoms with Gasteiger partial charge in [-0.05, 0) is 11.8 Å². The number of unbranched alkanes of at least 4 members (excludes halogenated alkanes) is 4. The smallest absolute Gasteiger partial charge is 0.0414 e. The molecule has 1 atom stereocenters. The lowest BCUT2D eigenvalue weighted by Gasteiger charge is -2.22. The third-order valence-corrected chi connectivity index (χ3v) is 4.59. The first-order valence-corrected chi connectivity index (χ1v) is 8.33. The Morgan fingerprint density at radius 2 is 1.59 bits per heavy atom. The summed E-state index contributed by atoms with van der Waals surface area (Å²) in [6.45, 7) is 4.77. The molecule has 0 aliphatic heterocycles. The Morgan fingerprint density at radius 3 is 2.29 bits per heavy atom. The summed E-state index contributed by atoms with van der Waals surface area (Å²) in [6, 6.07) is 0. The van der Waals surface area contributed by atoms with E-state index < -0.39 is 0 Å². The van der Waals surface area contributed by atoms with E-state index in [9.17, 15) is 0 Å². The second-order valence-corrected chi connectivity index (χ2v) is 6.39. The highest BCUT2D eigenvalue weighted by Crippen LogP contribution is 2.29. The summed E-state index contributed by atoms with van der Waals surface area (Å²) >= 11 is 0. The van der Waals surface area contributed by atoms with Crippen molar-refractivity contribution >= 4 is 0 Å². The lowest BCUT2D eigenvalue weighted by molar-refractivity contribution is 0.306. The largest absolute Gasteiger partial charge is 0.0654 e. The van der Waals surface area contributed by atoms with Crippen molar-refractivity contribution in [3.63, 3.8) is 0 Å². The minimum atomic E-state index is 0.985. The maximum absolute atomic E-state index is 2.47. The fourth-order valence-corrected chi connectivity index (χ4v) is 3.24. The lowest BCUT2D eigenvalue weighted by atomic mass is 9.83. The second kappa shape index (κ2) is 9.97. The SMILES string of the molecule is CCCCCCCC(C)CCC1CCCCC1. The zero-order chi connectivity index (χ0) is 12.3. The Bertz CT molecular complexity index is 155. The molecule has 0 radical (unpaired) electrons. The molecule has 0 saturated heterocycles. The Morgan fingerprint density at radius 1 is 0.882 bits per heavy atom. The van der Waals surface area contributed by atoms with Crippen LogP contribution >= 0.6 is 0 Å². The third-order valence-electron chi connectivity index (χ3n) is 4.59. The lowest BCUT2D eigenvalue weighted by Crippen LogP contribution is -2.08. The van der Waals surface area contributed by atoms with E-state index >= 15 is 0 Å². The molecule has 0 heterocycles. The maximum Gasteiger partial charge on any atom is -0.0414 e. The van der Waals surface area contributed by atoms with Crippen LogP contribution in [0.5, 0.6) is 0 Å². The van der Waals surface area contributed by atoms with Crippen molar-refractivity contribution in [2.45, 2.75) is 97.3 Å². The second-order valence-electron chi connectivity index (χ2n) is 6.39. The molecule has 0 nitrogen and oxygen atoms in total. The highest BCUT2D eigenvalue weighted by atomic mass is 14.2. The average Bonchev–Trinajstić information content (AvgIpc) is 2.37. The van der Waals surface area contributed by atoms with Crippen LogP contribution in [0.4, 0.5) is 0 Å². The van der Waals surface area contributed by atoms with E-state index in [1.165, 1.54) is 83.5 Å². The van der Waals surface area contributed by atoms with Gasteiger partial charge in [-0.15, -0.1) is 0 Å². The van der Waals surface area contributed by atoms with Gasteiger partial charge in [-0.25, -0.2) is 0 Å². The molecule has 1 aliphatic carbocycles. The Hall–Kier alpha value is 0. The highest BCUT2D eigenvalue weighted by Gasteiger charge is 2.14. The molecule has 0 heteroatoms. The summed E-state index contributed by atoms with van der Waals surface area (Å²) in [5.41, 5.74) is 0. The molecule has 1 rings (SSSR count). The van der Waals surface area contributed by atoms with E-state index in [0.717, 1.165) is 11.8 Å². The van der Waals surface area contributed by atoms with Crippen LogP contribution in [-0.2, 0) is 0 Å². The van der Waals surface area contributed by atoms with Crippen LogP contribution in [0.25, 0.3) is 0 Å². The molecule has 1 aliphatic rings. The fourth-order valence-electron chi connectivity index (χ4n) is 3.24. The molecule has 0 amide bonds. The van der Waals surface area contributed by atoms with Crippen molar-refractivity contribution < 1.29 is 0 Å². The van der Waals surface area contributed by atoms with E-state index in [-0.39, 0.29) is 0 Å². The van der Waals surface area contributed by atoms with Gasteiger partial charge >= 0.3 is 0 Å². The van der Waals surface area contributed by atoms with Gasteiger partial charge in [0.1, 0.15) is 0 Å². The quantitative estimate of drug-likeness (QED) is 0.411. The Kier molecular flexibility index (Phi) is 8.83. The summed E-state index contributed by atoms with van der Waals surface area (Å²) in [6.07, 6.45) is 19.3. The Labute approximate surface area is 110 Å². The van der Waals surface area contributed by atoms with E-state index in [2.05, 4.69) is 13.8 Å². The maximum atomic E-state index is 2.47. The molecule has 1 unspecified atom stereocenters. The molecular weight excluding hydrogens is 204 g/mol. The molecule has 17 heavy (non-hydrogen) atoms.